The molecule has 2 N–H and O–H groups in total. The van der Waals surface area contributed by atoms with Crippen LogP contribution in [0.3, 0.4) is 0 Å². The second-order valence-corrected chi connectivity index (χ2v) is 6.67. The van der Waals surface area contributed by atoms with Crippen LogP contribution in [0.15, 0.2) is 48.5 Å². The fourth-order valence-corrected chi connectivity index (χ4v) is 2.91. The highest BCUT2D eigenvalue weighted by Gasteiger charge is 2.15. The molecule has 2 rings (SSSR count). The van der Waals surface area contributed by atoms with Gasteiger partial charge in [-0.05, 0) is 49.9 Å². The molecule has 2 amide bonds. The zero-order valence-corrected chi connectivity index (χ0v) is 16.4. The third-order valence-electron chi connectivity index (χ3n) is 3.95. The van der Waals surface area contributed by atoms with Crippen molar-refractivity contribution in [3.63, 3.8) is 0 Å². The van der Waals surface area contributed by atoms with Gasteiger partial charge >= 0.3 is 0 Å². The van der Waals surface area contributed by atoms with Gasteiger partial charge in [-0.25, -0.2) is 0 Å². The number of nitrogens with one attached hydrogen (secondary N) is 2. The number of halogens is 1. The lowest BCUT2D eigenvalue weighted by Crippen LogP contribution is -2.39. The standard InChI is InChI=1S/C20H24ClN3O3/c1-14(17-6-4-5-7-18(17)21)22-19(25)12-24(2)13-20(26)23-15-8-10-16(27-3)11-9-15/h4-11,14H,12-13H2,1-3H3,(H,22,25)(H,23,26)/t14-/m1/s1. The van der Waals surface area contributed by atoms with E-state index < -0.39 is 0 Å². The summed E-state index contributed by atoms with van der Waals surface area (Å²) < 4.78 is 5.08. The van der Waals surface area contributed by atoms with Gasteiger partial charge in [-0.1, -0.05) is 29.8 Å². The monoisotopic (exact) mass is 389 g/mol. The first-order valence-corrected chi connectivity index (χ1v) is 8.93. The highest BCUT2D eigenvalue weighted by atomic mass is 35.5. The number of amides is 2. The lowest BCUT2D eigenvalue weighted by molar-refractivity contribution is -0.123. The lowest BCUT2D eigenvalue weighted by atomic mass is 10.1. The summed E-state index contributed by atoms with van der Waals surface area (Å²) in [6.07, 6.45) is 0. The fraction of sp³-hybridized carbons (Fsp3) is 0.300. The summed E-state index contributed by atoms with van der Waals surface area (Å²) in [5.74, 6) is 0.339. The van der Waals surface area contributed by atoms with Crippen molar-refractivity contribution in [3.05, 3.63) is 59.1 Å². The van der Waals surface area contributed by atoms with Crippen LogP contribution in [-0.4, -0.2) is 44.0 Å². The third-order valence-corrected chi connectivity index (χ3v) is 4.29. The van der Waals surface area contributed by atoms with Gasteiger partial charge in [0.15, 0.2) is 0 Å². The SMILES string of the molecule is COc1ccc(NC(=O)CN(C)CC(=O)N[C@H](C)c2ccccc2Cl)cc1. The molecule has 0 spiro atoms. The number of ether oxygens (including phenoxy) is 1. The average molecular weight is 390 g/mol. The summed E-state index contributed by atoms with van der Waals surface area (Å²) in [6, 6.07) is 14.2. The molecule has 0 aliphatic rings. The lowest BCUT2D eigenvalue weighted by Gasteiger charge is -2.19. The normalized spacial score (nSPS) is 11.7. The Morgan fingerprint density at radius 1 is 1.07 bits per heavy atom. The Labute approximate surface area is 164 Å². The van der Waals surface area contributed by atoms with E-state index in [2.05, 4.69) is 10.6 Å². The number of carbonyl (C=O) groups excluding carboxylic acids is 2. The first kappa shape index (κ1) is 20.7. The first-order chi connectivity index (χ1) is 12.9. The largest absolute Gasteiger partial charge is 0.497 e. The number of methoxy groups -OCH3 is 1. The van der Waals surface area contributed by atoms with E-state index in [0.29, 0.717) is 10.7 Å². The van der Waals surface area contributed by atoms with Gasteiger partial charge in [0.2, 0.25) is 11.8 Å². The van der Waals surface area contributed by atoms with Crippen molar-refractivity contribution in [1.82, 2.24) is 10.2 Å². The maximum absolute atomic E-state index is 12.2. The van der Waals surface area contributed by atoms with Gasteiger partial charge in [0, 0.05) is 10.7 Å². The summed E-state index contributed by atoms with van der Waals surface area (Å²) in [4.78, 5) is 26.0. The molecule has 144 valence electrons. The smallest absolute Gasteiger partial charge is 0.238 e. The molecule has 0 heterocycles. The number of anilines is 1. The Balaban J connectivity index is 1.79. The van der Waals surface area contributed by atoms with Crippen molar-refractivity contribution in [2.45, 2.75) is 13.0 Å². The molecule has 6 nitrogen and oxygen atoms in total. The van der Waals surface area contributed by atoms with Crippen LogP contribution in [0.25, 0.3) is 0 Å². The van der Waals surface area contributed by atoms with E-state index in [1.165, 1.54) is 0 Å². The van der Waals surface area contributed by atoms with E-state index in [1.807, 2.05) is 25.1 Å². The van der Waals surface area contributed by atoms with Crippen LogP contribution >= 0.6 is 11.6 Å². The Kier molecular flexibility index (Phi) is 7.64. The second kappa shape index (κ2) is 9.94. The molecule has 0 aliphatic heterocycles. The molecule has 27 heavy (non-hydrogen) atoms. The molecule has 7 heteroatoms. The average Bonchev–Trinajstić information content (AvgIpc) is 2.62. The Morgan fingerprint density at radius 3 is 2.33 bits per heavy atom. The van der Waals surface area contributed by atoms with Crippen LogP contribution in [0.5, 0.6) is 5.75 Å². The molecule has 0 aliphatic carbocycles. The highest BCUT2D eigenvalue weighted by Crippen LogP contribution is 2.22. The van der Waals surface area contributed by atoms with Crippen LogP contribution in [0.4, 0.5) is 5.69 Å². The Bertz CT molecular complexity index is 780. The number of hydrogen-bond donors (Lipinski definition) is 2. The molecule has 0 bridgehead atoms. The summed E-state index contributed by atoms with van der Waals surface area (Å²) >= 11 is 6.15. The Morgan fingerprint density at radius 2 is 1.70 bits per heavy atom. The van der Waals surface area contributed by atoms with E-state index in [4.69, 9.17) is 16.3 Å². The molecule has 0 saturated heterocycles. The first-order valence-electron chi connectivity index (χ1n) is 8.55. The predicted molar refractivity (Wildman–Crippen MR) is 107 cm³/mol. The number of nitrogens with zero attached hydrogens (tertiary/aromatic N) is 1. The third kappa shape index (κ3) is 6.58. The van der Waals surface area contributed by atoms with Gasteiger partial charge in [0.25, 0.3) is 0 Å². The van der Waals surface area contributed by atoms with Crippen molar-refractivity contribution in [1.29, 1.82) is 0 Å². The molecule has 0 aromatic heterocycles. The van der Waals surface area contributed by atoms with E-state index >= 15 is 0 Å². The van der Waals surface area contributed by atoms with E-state index in [9.17, 15) is 9.59 Å². The number of rotatable bonds is 8. The van der Waals surface area contributed by atoms with Crippen LogP contribution in [0.1, 0.15) is 18.5 Å². The van der Waals surface area contributed by atoms with E-state index in [1.54, 1.807) is 49.4 Å². The van der Waals surface area contributed by atoms with Gasteiger partial charge < -0.3 is 15.4 Å². The zero-order valence-electron chi connectivity index (χ0n) is 15.7. The van der Waals surface area contributed by atoms with Crippen molar-refractivity contribution >= 4 is 29.1 Å². The highest BCUT2D eigenvalue weighted by molar-refractivity contribution is 6.31. The summed E-state index contributed by atoms with van der Waals surface area (Å²) in [5.41, 5.74) is 1.53. The van der Waals surface area contributed by atoms with Crippen molar-refractivity contribution in [2.75, 3.05) is 32.6 Å². The summed E-state index contributed by atoms with van der Waals surface area (Å²) in [5, 5.41) is 6.29. The molecule has 2 aromatic carbocycles. The molecule has 2 aromatic rings. The number of hydrogen-bond acceptors (Lipinski definition) is 4. The molecular weight excluding hydrogens is 366 g/mol. The summed E-state index contributed by atoms with van der Waals surface area (Å²) in [6.45, 7) is 2.07. The van der Waals surface area contributed by atoms with Gasteiger partial charge in [0.1, 0.15) is 5.75 Å². The number of carbonyl (C=O) groups is 2. The number of likely N-dealkylation sites (N-methyl/N-ethyl adjacent to an activating group) is 1. The summed E-state index contributed by atoms with van der Waals surface area (Å²) in [7, 11) is 3.30. The minimum Gasteiger partial charge on any atom is -0.497 e. The zero-order chi connectivity index (χ0) is 19.8. The maximum atomic E-state index is 12.2. The Hall–Kier alpha value is -2.57. The molecule has 0 fully saturated rings. The second-order valence-electron chi connectivity index (χ2n) is 6.26. The van der Waals surface area contributed by atoms with Crippen molar-refractivity contribution in [3.8, 4) is 5.75 Å². The minimum atomic E-state index is -0.215. The van der Waals surface area contributed by atoms with Crippen molar-refractivity contribution in [2.24, 2.45) is 0 Å². The molecule has 0 radical (unpaired) electrons. The molecular formula is C20H24ClN3O3. The minimum absolute atomic E-state index is 0.0971. The van der Waals surface area contributed by atoms with Gasteiger partial charge in [-0.2, -0.15) is 0 Å². The number of benzene rings is 2. The van der Waals surface area contributed by atoms with Crippen LogP contribution in [-0.2, 0) is 9.59 Å². The van der Waals surface area contributed by atoms with Gasteiger partial charge in [0.05, 0.1) is 26.2 Å². The van der Waals surface area contributed by atoms with Crippen molar-refractivity contribution < 1.29 is 14.3 Å². The van der Waals surface area contributed by atoms with Crippen LogP contribution < -0.4 is 15.4 Å². The fourth-order valence-electron chi connectivity index (χ4n) is 2.61. The quantitative estimate of drug-likeness (QED) is 0.727. The van der Waals surface area contributed by atoms with Crippen LogP contribution in [0.2, 0.25) is 5.02 Å². The molecule has 1 atom stereocenters. The topological polar surface area (TPSA) is 70.7 Å². The van der Waals surface area contributed by atoms with E-state index in [0.717, 1.165) is 11.3 Å². The maximum Gasteiger partial charge on any atom is 0.238 e. The van der Waals surface area contributed by atoms with Gasteiger partial charge in [-0.15, -0.1) is 0 Å². The molecule has 0 saturated carbocycles. The van der Waals surface area contributed by atoms with E-state index in [-0.39, 0.29) is 30.9 Å². The van der Waals surface area contributed by atoms with Gasteiger partial charge in [-0.3, -0.25) is 14.5 Å². The molecule has 0 unspecified atom stereocenters. The predicted octanol–water partition coefficient (Wildman–Crippen LogP) is 3.10. The van der Waals surface area contributed by atoms with Crippen LogP contribution in [0, 0.1) is 0 Å².